The zero-order chi connectivity index (χ0) is 17.4. The van der Waals surface area contributed by atoms with Gasteiger partial charge in [0.2, 0.25) is 10.0 Å². The Bertz CT molecular complexity index is 763. The minimum Gasteiger partial charge on any atom is -0.494 e. The minimum atomic E-state index is -3.68. The Labute approximate surface area is 147 Å². The Morgan fingerprint density at radius 1 is 1.08 bits per heavy atom. The van der Waals surface area contributed by atoms with Crippen molar-refractivity contribution >= 4 is 33.0 Å². The van der Waals surface area contributed by atoms with E-state index >= 15 is 0 Å². The van der Waals surface area contributed by atoms with Crippen LogP contribution in [0.2, 0.25) is 0 Å². The molecule has 24 heavy (non-hydrogen) atoms. The number of thiocarbonyl (C=S) groups is 1. The van der Waals surface area contributed by atoms with Crippen LogP contribution >= 0.6 is 12.2 Å². The number of sulfonamides is 1. The van der Waals surface area contributed by atoms with Gasteiger partial charge in [0.05, 0.1) is 11.5 Å². The molecule has 0 radical (unpaired) electrons. The fraction of sp³-hybridized carbons (Fsp3) is 0.188. The molecule has 0 unspecified atom stereocenters. The van der Waals surface area contributed by atoms with E-state index in [1.807, 2.05) is 30.3 Å². The SMILES string of the molecule is NS(=O)(=O)c1ccc(NC(=S)NCCCOc2ccccc2)cc1. The first-order chi connectivity index (χ1) is 11.4. The molecule has 0 aliphatic carbocycles. The van der Waals surface area contributed by atoms with Gasteiger partial charge in [-0.1, -0.05) is 18.2 Å². The second-order valence-corrected chi connectivity index (χ2v) is 6.94. The molecule has 0 saturated heterocycles. The summed E-state index contributed by atoms with van der Waals surface area (Å²) < 4.78 is 27.9. The molecule has 6 nitrogen and oxygen atoms in total. The maximum Gasteiger partial charge on any atom is 0.238 e. The molecule has 0 heterocycles. The van der Waals surface area contributed by atoms with E-state index in [9.17, 15) is 8.42 Å². The minimum absolute atomic E-state index is 0.0602. The summed E-state index contributed by atoms with van der Waals surface area (Å²) in [6, 6.07) is 15.7. The normalized spacial score (nSPS) is 10.9. The zero-order valence-electron chi connectivity index (χ0n) is 12.9. The fourth-order valence-electron chi connectivity index (χ4n) is 1.88. The van der Waals surface area contributed by atoms with Gasteiger partial charge in [-0.25, -0.2) is 13.6 Å². The summed E-state index contributed by atoms with van der Waals surface area (Å²) in [7, 11) is -3.68. The number of hydrogen-bond donors (Lipinski definition) is 3. The number of benzene rings is 2. The van der Waals surface area contributed by atoms with Crippen molar-refractivity contribution in [1.29, 1.82) is 0 Å². The molecule has 0 aliphatic heterocycles. The number of nitrogens with one attached hydrogen (secondary N) is 2. The monoisotopic (exact) mass is 365 g/mol. The molecule has 0 fully saturated rings. The number of nitrogens with two attached hydrogens (primary N) is 1. The lowest BCUT2D eigenvalue weighted by molar-refractivity contribution is 0.311. The fourth-order valence-corrected chi connectivity index (χ4v) is 2.62. The lowest BCUT2D eigenvalue weighted by Gasteiger charge is -2.11. The van der Waals surface area contributed by atoms with Crippen LogP contribution in [-0.4, -0.2) is 26.7 Å². The topological polar surface area (TPSA) is 93.5 Å². The second kappa shape index (κ2) is 8.62. The van der Waals surface area contributed by atoms with Gasteiger partial charge >= 0.3 is 0 Å². The van der Waals surface area contributed by atoms with Crippen molar-refractivity contribution in [2.75, 3.05) is 18.5 Å². The van der Waals surface area contributed by atoms with Crippen molar-refractivity contribution < 1.29 is 13.2 Å². The maximum atomic E-state index is 11.2. The number of rotatable bonds is 7. The average molecular weight is 365 g/mol. The van der Waals surface area contributed by atoms with Crippen LogP contribution < -0.4 is 20.5 Å². The standard InChI is InChI=1S/C16H19N3O3S2/c17-24(20,21)15-9-7-13(8-10-15)19-16(23)18-11-4-12-22-14-5-2-1-3-6-14/h1-3,5-10H,4,11-12H2,(H2,17,20,21)(H2,18,19,23). The summed E-state index contributed by atoms with van der Waals surface area (Å²) in [4.78, 5) is 0.0602. The summed E-state index contributed by atoms with van der Waals surface area (Å²) >= 11 is 5.18. The van der Waals surface area contributed by atoms with E-state index in [1.54, 1.807) is 12.1 Å². The lowest BCUT2D eigenvalue weighted by Crippen LogP contribution is -2.30. The van der Waals surface area contributed by atoms with Crippen LogP contribution in [0.5, 0.6) is 5.75 Å². The van der Waals surface area contributed by atoms with Gasteiger partial charge < -0.3 is 15.4 Å². The third-order valence-electron chi connectivity index (χ3n) is 3.06. The maximum absolute atomic E-state index is 11.2. The van der Waals surface area contributed by atoms with Gasteiger partial charge in [-0.05, 0) is 55.0 Å². The molecule has 128 valence electrons. The smallest absolute Gasteiger partial charge is 0.238 e. The van der Waals surface area contributed by atoms with Gasteiger partial charge in [0.1, 0.15) is 5.75 Å². The molecule has 0 aliphatic rings. The van der Waals surface area contributed by atoms with Crippen LogP contribution in [0.25, 0.3) is 0 Å². The summed E-state index contributed by atoms with van der Waals surface area (Å²) in [5.74, 6) is 0.841. The van der Waals surface area contributed by atoms with E-state index in [4.69, 9.17) is 22.1 Å². The van der Waals surface area contributed by atoms with Crippen molar-refractivity contribution in [2.45, 2.75) is 11.3 Å². The van der Waals surface area contributed by atoms with E-state index in [1.165, 1.54) is 12.1 Å². The van der Waals surface area contributed by atoms with E-state index < -0.39 is 10.0 Å². The van der Waals surface area contributed by atoms with Gasteiger partial charge in [-0.15, -0.1) is 0 Å². The second-order valence-electron chi connectivity index (χ2n) is 4.97. The van der Waals surface area contributed by atoms with Crippen molar-refractivity contribution in [1.82, 2.24) is 5.32 Å². The van der Waals surface area contributed by atoms with Crippen LogP contribution in [0.1, 0.15) is 6.42 Å². The third kappa shape index (κ3) is 6.15. The van der Waals surface area contributed by atoms with E-state index in [2.05, 4.69) is 10.6 Å². The van der Waals surface area contributed by atoms with Crippen molar-refractivity contribution in [3.63, 3.8) is 0 Å². The average Bonchev–Trinajstić information content (AvgIpc) is 2.55. The van der Waals surface area contributed by atoms with Crippen LogP contribution in [-0.2, 0) is 10.0 Å². The van der Waals surface area contributed by atoms with Gasteiger partial charge in [-0.2, -0.15) is 0 Å². The molecule has 4 N–H and O–H groups in total. The molecule has 2 aromatic carbocycles. The number of para-hydroxylation sites is 1. The van der Waals surface area contributed by atoms with Crippen molar-refractivity contribution in [2.24, 2.45) is 5.14 Å². The molecule has 0 atom stereocenters. The van der Waals surface area contributed by atoms with Gasteiger partial charge in [0.25, 0.3) is 0 Å². The Morgan fingerprint density at radius 3 is 2.38 bits per heavy atom. The molecule has 0 saturated carbocycles. The lowest BCUT2D eigenvalue weighted by atomic mass is 10.3. The van der Waals surface area contributed by atoms with Gasteiger partial charge in [0, 0.05) is 12.2 Å². The van der Waals surface area contributed by atoms with E-state index in [0.717, 1.165) is 12.2 Å². The Balaban J connectivity index is 1.68. The molecule has 2 aromatic rings. The Kier molecular flexibility index (Phi) is 6.53. The summed E-state index contributed by atoms with van der Waals surface area (Å²) in [6.07, 6.45) is 0.793. The van der Waals surface area contributed by atoms with Crippen LogP contribution in [0, 0.1) is 0 Å². The first-order valence-electron chi connectivity index (χ1n) is 7.31. The van der Waals surface area contributed by atoms with Crippen LogP contribution in [0.3, 0.4) is 0 Å². The molecular formula is C16H19N3O3S2. The highest BCUT2D eigenvalue weighted by Gasteiger charge is 2.06. The number of hydrogen-bond acceptors (Lipinski definition) is 4. The largest absolute Gasteiger partial charge is 0.494 e. The Hall–Kier alpha value is -2.16. The van der Waals surface area contributed by atoms with E-state index in [-0.39, 0.29) is 4.90 Å². The first-order valence-corrected chi connectivity index (χ1v) is 9.26. The van der Waals surface area contributed by atoms with Crippen LogP contribution in [0.4, 0.5) is 5.69 Å². The predicted molar refractivity (Wildman–Crippen MR) is 98.6 cm³/mol. The van der Waals surface area contributed by atoms with Crippen molar-refractivity contribution in [3.05, 3.63) is 54.6 Å². The molecule has 0 bridgehead atoms. The number of anilines is 1. The third-order valence-corrected chi connectivity index (χ3v) is 4.23. The highest BCUT2D eigenvalue weighted by atomic mass is 32.2. The van der Waals surface area contributed by atoms with Crippen molar-refractivity contribution in [3.8, 4) is 5.75 Å². The summed E-state index contributed by atoms with van der Waals surface area (Å²) in [6.45, 7) is 1.25. The highest BCUT2D eigenvalue weighted by molar-refractivity contribution is 7.89. The summed E-state index contributed by atoms with van der Waals surface area (Å²) in [5, 5.41) is 11.5. The molecule has 0 amide bonds. The van der Waals surface area contributed by atoms with E-state index in [0.29, 0.717) is 24.0 Å². The van der Waals surface area contributed by atoms with Crippen LogP contribution in [0.15, 0.2) is 59.5 Å². The van der Waals surface area contributed by atoms with Gasteiger partial charge in [-0.3, -0.25) is 0 Å². The van der Waals surface area contributed by atoms with Gasteiger partial charge in [0.15, 0.2) is 5.11 Å². The molecule has 2 rings (SSSR count). The first kappa shape index (κ1) is 18.2. The molecule has 0 aromatic heterocycles. The zero-order valence-corrected chi connectivity index (χ0v) is 14.6. The number of ether oxygens (including phenoxy) is 1. The summed E-state index contributed by atoms with van der Waals surface area (Å²) in [5.41, 5.74) is 0.681. The molecular weight excluding hydrogens is 346 g/mol. The Morgan fingerprint density at radius 2 is 1.75 bits per heavy atom. The molecule has 0 spiro atoms. The predicted octanol–water partition coefficient (Wildman–Crippen LogP) is 2.09. The number of primary sulfonamides is 1. The molecule has 8 heteroatoms. The highest BCUT2D eigenvalue weighted by Crippen LogP contribution is 2.12. The quantitative estimate of drug-likeness (QED) is 0.514.